The summed E-state index contributed by atoms with van der Waals surface area (Å²) in [5, 5.41) is 3.93. The lowest BCUT2D eigenvalue weighted by Gasteiger charge is -2.08. The average Bonchev–Trinajstić information content (AvgIpc) is 2.99. The minimum Gasteiger partial charge on any atom is -0.490 e. The van der Waals surface area contributed by atoms with Crippen LogP contribution in [0.4, 0.5) is 4.39 Å². The lowest BCUT2D eigenvalue weighted by Crippen LogP contribution is -2.27. The van der Waals surface area contributed by atoms with Gasteiger partial charge < -0.3 is 15.0 Å². The number of carbonyl (C=O) groups is 1. The highest BCUT2D eigenvalue weighted by Crippen LogP contribution is 2.18. The van der Waals surface area contributed by atoms with Crippen LogP contribution in [0, 0.1) is 5.82 Å². The number of aromatic nitrogens is 1. The van der Waals surface area contributed by atoms with E-state index in [4.69, 9.17) is 4.74 Å². The van der Waals surface area contributed by atoms with Crippen LogP contribution in [-0.4, -0.2) is 24.0 Å². The average molecular weight is 326 g/mol. The first-order chi connectivity index (χ1) is 11.7. The van der Waals surface area contributed by atoms with Gasteiger partial charge in [0.2, 0.25) is 5.91 Å². The quantitative estimate of drug-likeness (QED) is 0.654. The normalized spacial score (nSPS) is 10.7. The number of ether oxygens (including phenoxy) is 1. The van der Waals surface area contributed by atoms with Crippen LogP contribution in [0.15, 0.2) is 54.7 Å². The zero-order valence-corrected chi connectivity index (χ0v) is 13.2. The van der Waals surface area contributed by atoms with Crippen LogP contribution < -0.4 is 10.1 Å². The Balaban J connectivity index is 1.41. The second-order valence-corrected chi connectivity index (χ2v) is 5.52. The third-order valence-corrected chi connectivity index (χ3v) is 3.76. The van der Waals surface area contributed by atoms with Gasteiger partial charge in [0.25, 0.3) is 0 Å². The lowest BCUT2D eigenvalue weighted by molar-refractivity contribution is -0.120. The van der Waals surface area contributed by atoms with E-state index in [1.54, 1.807) is 18.2 Å². The molecule has 0 aliphatic rings. The second-order valence-electron chi connectivity index (χ2n) is 5.52. The molecule has 1 aromatic heterocycles. The summed E-state index contributed by atoms with van der Waals surface area (Å²) in [7, 11) is 0. The van der Waals surface area contributed by atoms with Gasteiger partial charge in [0, 0.05) is 23.6 Å². The number of halogens is 1. The molecule has 0 aliphatic heterocycles. The van der Waals surface area contributed by atoms with E-state index in [0.717, 1.165) is 16.5 Å². The highest BCUT2D eigenvalue weighted by Gasteiger charge is 2.08. The fourth-order valence-corrected chi connectivity index (χ4v) is 2.56. The summed E-state index contributed by atoms with van der Waals surface area (Å²) in [5.41, 5.74) is 2.00. The Hall–Kier alpha value is -2.82. The highest BCUT2D eigenvalue weighted by atomic mass is 19.1. The van der Waals surface area contributed by atoms with Gasteiger partial charge >= 0.3 is 0 Å². The molecule has 124 valence electrons. The van der Waals surface area contributed by atoms with Crippen LogP contribution in [0.1, 0.15) is 12.0 Å². The van der Waals surface area contributed by atoms with Crippen molar-refractivity contribution in [3.05, 3.63) is 66.1 Å². The summed E-state index contributed by atoms with van der Waals surface area (Å²) >= 11 is 0. The molecular formula is C19H19FN2O2. The number of carbonyl (C=O) groups excluding carboxylic acids is 1. The molecule has 0 aliphatic carbocycles. The fraction of sp³-hybridized carbons (Fsp3) is 0.211. The zero-order valence-electron chi connectivity index (χ0n) is 13.2. The fourth-order valence-electron chi connectivity index (χ4n) is 2.56. The largest absolute Gasteiger partial charge is 0.490 e. The van der Waals surface area contributed by atoms with E-state index >= 15 is 0 Å². The van der Waals surface area contributed by atoms with Crippen molar-refractivity contribution in [2.24, 2.45) is 0 Å². The highest BCUT2D eigenvalue weighted by molar-refractivity contribution is 5.88. The van der Waals surface area contributed by atoms with Crippen molar-refractivity contribution in [2.75, 3.05) is 13.2 Å². The van der Waals surface area contributed by atoms with E-state index in [9.17, 15) is 9.18 Å². The second kappa shape index (κ2) is 7.64. The topological polar surface area (TPSA) is 54.1 Å². The van der Waals surface area contributed by atoms with Crippen LogP contribution in [0.2, 0.25) is 0 Å². The maximum Gasteiger partial charge on any atom is 0.224 e. The molecule has 0 radical (unpaired) electrons. The van der Waals surface area contributed by atoms with Gasteiger partial charge in [-0.05, 0) is 30.2 Å². The molecule has 3 rings (SSSR count). The Morgan fingerprint density at radius 2 is 1.92 bits per heavy atom. The van der Waals surface area contributed by atoms with E-state index in [-0.39, 0.29) is 17.5 Å². The monoisotopic (exact) mass is 326 g/mol. The predicted octanol–water partition coefficient (Wildman–Crippen LogP) is 3.43. The smallest absolute Gasteiger partial charge is 0.224 e. The maximum atomic E-state index is 13.4. The molecule has 4 nitrogen and oxygen atoms in total. The van der Waals surface area contributed by atoms with E-state index in [1.165, 1.54) is 6.07 Å². The molecule has 2 N–H and O–H groups in total. The molecule has 24 heavy (non-hydrogen) atoms. The third-order valence-electron chi connectivity index (χ3n) is 3.76. The van der Waals surface area contributed by atoms with Gasteiger partial charge in [-0.3, -0.25) is 4.79 Å². The molecule has 0 unspecified atom stereocenters. The van der Waals surface area contributed by atoms with Crippen LogP contribution in [0.25, 0.3) is 10.9 Å². The number of para-hydroxylation sites is 2. The number of aromatic amines is 1. The standard InChI is InChI=1S/C19H19FN2O2/c20-16-7-2-4-9-18(16)24-11-5-10-21-19(23)12-14-13-22-17-8-3-1-6-15(14)17/h1-4,6-9,13,22H,5,10-12H2,(H,21,23). The number of rotatable bonds is 7. The minimum atomic E-state index is -0.374. The van der Waals surface area contributed by atoms with Gasteiger partial charge in [-0.1, -0.05) is 30.3 Å². The van der Waals surface area contributed by atoms with E-state index < -0.39 is 0 Å². The molecule has 3 aromatic rings. The summed E-state index contributed by atoms with van der Waals surface area (Å²) in [6.45, 7) is 0.851. The number of amides is 1. The molecule has 0 fully saturated rings. The number of benzene rings is 2. The predicted molar refractivity (Wildman–Crippen MR) is 91.5 cm³/mol. The Morgan fingerprint density at radius 1 is 1.12 bits per heavy atom. The van der Waals surface area contributed by atoms with Gasteiger partial charge in [0.15, 0.2) is 11.6 Å². The lowest BCUT2D eigenvalue weighted by atomic mass is 10.1. The molecule has 0 spiro atoms. The van der Waals surface area contributed by atoms with Crippen molar-refractivity contribution < 1.29 is 13.9 Å². The van der Waals surface area contributed by atoms with Crippen molar-refractivity contribution in [3.63, 3.8) is 0 Å². The molecule has 0 bridgehead atoms. The summed E-state index contributed by atoms with van der Waals surface area (Å²) in [5.74, 6) is -0.172. The molecule has 0 atom stereocenters. The van der Waals surface area contributed by atoms with E-state index in [2.05, 4.69) is 10.3 Å². The molecular weight excluding hydrogens is 307 g/mol. The van der Waals surface area contributed by atoms with Crippen molar-refractivity contribution in [1.82, 2.24) is 10.3 Å². The summed E-state index contributed by atoms with van der Waals surface area (Å²) in [6.07, 6.45) is 2.82. The Kier molecular flexibility index (Phi) is 5.11. The third kappa shape index (κ3) is 3.93. The van der Waals surface area contributed by atoms with Crippen molar-refractivity contribution >= 4 is 16.8 Å². The molecule has 5 heteroatoms. The van der Waals surface area contributed by atoms with E-state index in [1.807, 2.05) is 30.5 Å². The maximum absolute atomic E-state index is 13.4. The minimum absolute atomic E-state index is 0.0364. The van der Waals surface area contributed by atoms with E-state index in [0.29, 0.717) is 26.0 Å². The number of hydrogen-bond donors (Lipinski definition) is 2. The molecule has 0 saturated heterocycles. The summed E-state index contributed by atoms with van der Waals surface area (Å²) in [6, 6.07) is 14.2. The number of nitrogens with one attached hydrogen (secondary N) is 2. The molecule has 1 amide bonds. The Labute approximate surface area is 139 Å². The van der Waals surface area contributed by atoms with Crippen molar-refractivity contribution in [1.29, 1.82) is 0 Å². The molecule has 1 heterocycles. The van der Waals surface area contributed by atoms with Crippen LogP contribution in [0.3, 0.4) is 0 Å². The van der Waals surface area contributed by atoms with Gasteiger partial charge in [-0.2, -0.15) is 0 Å². The number of hydrogen-bond acceptors (Lipinski definition) is 2. The first-order valence-electron chi connectivity index (χ1n) is 7.93. The van der Waals surface area contributed by atoms with Crippen LogP contribution in [0.5, 0.6) is 5.75 Å². The van der Waals surface area contributed by atoms with Gasteiger partial charge in [0.1, 0.15) is 0 Å². The first-order valence-corrected chi connectivity index (χ1v) is 7.93. The van der Waals surface area contributed by atoms with Crippen LogP contribution in [-0.2, 0) is 11.2 Å². The SMILES string of the molecule is O=C(Cc1c[nH]c2ccccc12)NCCCOc1ccccc1F. The van der Waals surface area contributed by atoms with Gasteiger partial charge in [-0.15, -0.1) is 0 Å². The zero-order chi connectivity index (χ0) is 16.8. The number of H-pyrrole nitrogens is 1. The van der Waals surface area contributed by atoms with Gasteiger partial charge in [-0.25, -0.2) is 4.39 Å². The first kappa shape index (κ1) is 16.1. The van der Waals surface area contributed by atoms with Crippen LogP contribution >= 0.6 is 0 Å². The molecule has 2 aromatic carbocycles. The summed E-state index contributed by atoms with van der Waals surface area (Å²) < 4.78 is 18.7. The van der Waals surface area contributed by atoms with Crippen molar-refractivity contribution in [3.8, 4) is 5.75 Å². The van der Waals surface area contributed by atoms with Gasteiger partial charge in [0.05, 0.1) is 13.0 Å². The number of fused-ring (bicyclic) bond motifs is 1. The Bertz CT molecular complexity index is 829. The Morgan fingerprint density at radius 3 is 2.79 bits per heavy atom. The molecule has 0 saturated carbocycles. The van der Waals surface area contributed by atoms with Crippen molar-refractivity contribution in [2.45, 2.75) is 12.8 Å². The summed E-state index contributed by atoms with van der Waals surface area (Å²) in [4.78, 5) is 15.2.